The Labute approximate surface area is 170 Å². The van der Waals surface area contributed by atoms with Crippen LogP contribution in [-0.2, 0) is 17.8 Å². The van der Waals surface area contributed by atoms with Crippen LogP contribution in [0.5, 0.6) is 0 Å². The number of aryl methyl sites for hydroxylation is 2. The lowest BCUT2D eigenvalue weighted by atomic mass is 10.1. The van der Waals surface area contributed by atoms with Crippen LogP contribution in [0.1, 0.15) is 17.0 Å². The van der Waals surface area contributed by atoms with Crippen LogP contribution in [0.2, 0.25) is 0 Å². The molecule has 3 heterocycles. The number of carbonyl (C=O) groups excluding carboxylic acids is 1. The normalized spacial score (nSPS) is 16.8. The van der Waals surface area contributed by atoms with Crippen molar-refractivity contribution in [1.82, 2.24) is 29.5 Å². The zero-order chi connectivity index (χ0) is 20.2. The van der Waals surface area contributed by atoms with Gasteiger partial charge >= 0.3 is 6.03 Å². The molecule has 152 valence electrons. The van der Waals surface area contributed by atoms with E-state index in [2.05, 4.69) is 15.4 Å². The molecule has 2 amide bonds. The molecule has 0 aliphatic carbocycles. The Morgan fingerprint density at radius 1 is 1.31 bits per heavy atom. The van der Waals surface area contributed by atoms with E-state index >= 15 is 0 Å². The minimum absolute atomic E-state index is 0.0641. The highest BCUT2D eigenvalue weighted by molar-refractivity contribution is 5.74. The lowest BCUT2D eigenvalue weighted by molar-refractivity contribution is -0.0240. The SMILES string of the molecule is Cc1cc(C)n(CC2CN(C(=O)NCc3ccccc3-n3ccnc3)CCO2)n1. The molecule has 1 saturated heterocycles. The highest BCUT2D eigenvalue weighted by Gasteiger charge is 2.25. The second-order valence-electron chi connectivity index (χ2n) is 7.31. The average molecular weight is 394 g/mol. The Balaban J connectivity index is 1.36. The summed E-state index contributed by atoms with van der Waals surface area (Å²) in [6, 6.07) is 9.95. The van der Waals surface area contributed by atoms with Crippen molar-refractivity contribution >= 4 is 6.03 Å². The van der Waals surface area contributed by atoms with Crippen molar-refractivity contribution in [1.29, 1.82) is 0 Å². The average Bonchev–Trinajstić information content (AvgIpc) is 3.36. The Kier molecular flexibility index (Phi) is 5.62. The molecule has 0 radical (unpaired) electrons. The monoisotopic (exact) mass is 394 g/mol. The summed E-state index contributed by atoms with van der Waals surface area (Å²) in [5, 5.41) is 7.54. The first kappa shape index (κ1) is 19.2. The molecule has 1 aromatic carbocycles. The fourth-order valence-electron chi connectivity index (χ4n) is 3.66. The number of urea groups is 1. The van der Waals surface area contributed by atoms with Crippen molar-refractivity contribution in [3.05, 3.63) is 66.0 Å². The molecule has 0 spiro atoms. The molecule has 1 N–H and O–H groups in total. The van der Waals surface area contributed by atoms with Crippen molar-refractivity contribution in [2.24, 2.45) is 0 Å². The van der Waals surface area contributed by atoms with E-state index in [4.69, 9.17) is 4.74 Å². The zero-order valence-corrected chi connectivity index (χ0v) is 16.8. The Bertz CT molecular complexity index is 965. The minimum atomic E-state index is -0.0768. The standard InChI is InChI=1S/C21H26N6O2/c1-16-11-17(2)27(24-16)14-19-13-25(9-10-29-19)21(28)23-12-18-5-3-4-6-20(18)26-8-7-22-15-26/h3-8,11,15,19H,9-10,12-14H2,1-2H3,(H,23,28). The summed E-state index contributed by atoms with van der Waals surface area (Å²) < 4.78 is 9.76. The molecule has 0 saturated carbocycles. The summed E-state index contributed by atoms with van der Waals surface area (Å²) >= 11 is 0. The number of carbonyl (C=O) groups is 1. The van der Waals surface area contributed by atoms with Gasteiger partial charge in [0.2, 0.25) is 0 Å². The number of benzene rings is 1. The molecule has 1 unspecified atom stereocenters. The first-order valence-corrected chi connectivity index (χ1v) is 9.82. The van der Waals surface area contributed by atoms with Crippen LogP contribution in [0.3, 0.4) is 0 Å². The van der Waals surface area contributed by atoms with Gasteiger partial charge in [-0.3, -0.25) is 4.68 Å². The second-order valence-corrected chi connectivity index (χ2v) is 7.31. The van der Waals surface area contributed by atoms with Crippen LogP contribution >= 0.6 is 0 Å². The van der Waals surface area contributed by atoms with E-state index in [-0.39, 0.29) is 12.1 Å². The lowest BCUT2D eigenvalue weighted by Crippen LogP contribution is -2.50. The molecule has 1 aliphatic heterocycles. The van der Waals surface area contributed by atoms with Crippen LogP contribution in [0, 0.1) is 13.8 Å². The van der Waals surface area contributed by atoms with Crippen LogP contribution < -0.4 is 5.32 Å². The van der Waals surface area contributed by atoms with Crippen LogP contribution in [-0.4, -0.2) is 56.1 Å². The number of morpholine rings is 1. The van der Waals surface area contributed by atoms with Gasteiger partial charge in [-0.2, -0.15) is 5.10 Å². The van der Waals surface area contributed by atoms with Crippen LogP contribution in [0.25, 0.3) is 5.69 Å². The van der Waals surface area contributed by atoms with Gasteiger partial charge in [-0.1, -0.05) is 18.2 Å². The number of ether oxygens (including phenoxy) is 1. The maximum absolute atomic E-state index is 12.8. The van der Waals surface area contributed by atoms with Gasteiger partial charge in [-0.05, 0) is 31.5 Å². The number of hydrogen-bond acceptors (Lipinski definition) is 4. The van der Waals surface area contributed by atoms with E-state index < -0.39 is 0 Å². The Morgan fingerprint density at radius 3 is 2.93 bits per heavy atom. The molecule has 0 bridgehead atoms. The largest absolute Gasteiger partial charge is 0.373 e. The van der Waals surface area contributed by atoms with Gasteiger partial charge in [0.15, 0.2) is 0 Å². The topological polar surface area (TPSA) is 77.2 Å². The van der Waals surface area contributed by atoms with E-state index in [9.17, 15) is 4.79 Å². The molecule has 1 aliphatic rings. The third-order valence-electron chi connectivity index (χ3n) is 5.11. The van der Waals surface area contributed by atoms with Crippen molar-refractivity contribution in [2.45, 2.75) is 33.0 Å². The maximum atomic E-state index is 12.8. The number of hydrogen-bond donors (Lipinski definition) is 1. The number of aromatic nitrogens is 4. The van der Waals surface area contributed by atoms with Crippen molar-refractivity contribution in [2.75, 3.05) is 19.7 Å². The van der Waals surface area contributed by atoms with Gasteiger partial charge in [-0.15, -0.1) is 0 Å². The van der Waals surface area contributed by atoms with Gasteiger partial charge < -0.3 is 19.5 Å². The van der Waals surface area contributed by atoms with E-state index in [1.165, 1.54) is 0 Å². The minimum Gasteiger partial charge on any atom is -0.373 e. The van der Waals surface area contributed by atoms with E-state index in [1.54, 1.807) is 12.5 Å². The number of nitrogens with one attached hydrogen (secondary N) is 1. The van der Waals surface area contributed by atoms with Gasteiger partial charge in [-0.25, -0.2) is 9.78 Å². The predicted molar refractivity (Wildman–Crippen MR) is 109 cm³/mol. The van der Waals surface area contributed by atoms with Gasteiger partial charge in [0.25, 0.3) is 0 Å². The van der Waals surface area contributed by atoms with Gasteiger partial charge in [0.1, 0.15) is 0 Å². The summed E-state index contributed by atoms with van der Waals surface area (Å²) in [5.41, 5.74) is 4.13. The van der Waals surface area contributed by atoms with E-state index in [0.717, 1.165) is 22.6 Å². The third kappa shape index (κ3) is 4.48. The van der Waals surface area contributed by atoms with E-state index in [0.29, 0.717) is 32.8 Å². The lowest BCUT2D eigenvalue weighted by Gasteiger charge is -2.33. The highest BCUT2D eigenvalue weighted by atomic mass is 16.5. The molecule has 8 heteroatoms. The van der Waals surface area contributed by atoms with Crippen molar-refractivity contribution < 1.29 is 9.53 Å². The van der Waals surface area contributed by atoms with Gasteiger partial charge in [0, 0.05) is 31.2 Å². The molecule has 1 atom stereocenters. The van der Waals surface area contributed by atoms with Crippen LogP contribution in [0.4, 0.5) is 4.79 Å². The maximum Gasteiger partial charge on any atom is 0.317 e. The fourth-order valence-corrected chi connectivity index (χ4v) is 3.66. The molecular formula is C21H26N6O2. The molecule has 29 heavy (non-hydrogen) atoms. The van der Waals surface area contributed by atoms with Crippen molar-refractivity contribution in [3.8, 4) is 5.69 Å². The number of amides is 2. The number of rotatable bonds is 5. The number of imidazole rings is 1. The Hall–Kier alpha value is -3.13. The Morgan fingerprint density at radius 2 is 2.17 bits per heavy atom. The third-order valence-corrected chi connectivity index (χ3v) is 5.11. The summed E-state index contributed by atoms with van der Waals surface area (Å²) in [7, 11) is 0. The molecule has 3 aromatic rings. The first-order chi connectivity index (χ1) is 14.1. The second kappa shape index (κ2) is 8.48. The fraction of sp³-hybridized carbons (Fsp3) is 0.381. The smallest absolute Gasteiger partial charge is 0.317 e. The van der Waals surface area contributed by atoms with E-state index in [1.807, 2.05) is 64.5 Å². The number of para-hydroxylation sites is 1. The molecule has 1 fully saturated rings. The first-order valence-electron chi connectivity index (χ1n) is 9.82. The molecular weight excluding hydrogens is 368 g/mol. The molecule has 4 rings (SSSR count). The number of nitrogens with zero attached hydrogens (tertiary/aromatic N) is 5. The summed E-state index contributed by atoms with van der Waals surface area (Å²) in [6.45, 7) is 6.77. The van der Waals surface area contributed by atoms with Crippen molar-refractivity contribution in [3.63, 3.8) is 0 Å². The summed E-state index contributed by atoms with van der Waals surface area (Å²) in [6.07, 6.45) is 5.33. The molecule has 2 aromatic heterocycles. The zero-order valence-electron chi connectivity index (χ0n) is 16.8. The predicted octanol–water partition coefficient (Wildman–Crippen LogP) is 2.30. The quantitative estimate of drug-likeness (QED) is 0.720. The summed E-state index contributed by atoms with van der Waals surface area (Å²) in [4.78, 5) is 18.7. The molecule has 8 nitrogen and oxygen atoms in total. The van der Waals surface area contributed by atoms with Gasteiger partial charge in [0.05, 0.1) is 43.5 Å². The highest BCUT2D eigenvalue weighted by Crippen LogP contribution is 2.15. The summed E-state index contributed by atoms with van der Waals surface area (Å²) in [5.74, 6) is 0. The van der Waals surface area contributed by atoms with Crippen LogP contribution in [0.15, 0.2) is 49.1 Å².